The molecule has 1 saturated heterocycles. The lowest BCUT2D eigenvalue weighted by Gasteiger charge is -2.31. The van der Waals surface area contributed by atoms with E-state index in [-0.39, 0.29) is 18.2 Å². The summed E-state index contributed by atoms with van der Waals surface area (Å²) in [7, 11) is 0. The normalized spacial score (nSPS) is 17.0. The molecule has 1 aliphatic rings. The van der Waals surface area contributed by atoms with Gasteiger partial charge in [-0.25, -0.2) is 0 Å². The molecule has 0 bridgehead atoms. The van der Waals surface area contributed by atoms with Crippen molar-refractivity contribution in [2.75, 3.05) is 13.1 Å². The number of carbonyl (C=O) groups excluding carboxylic acids is 2. The number of ketones is 1. The van der Waals surface area contributed by atoms with Gasteiger partial charge >= 0.3 is 5.97 Å². The number of hydrogen-bond donors (Lipinski definition) is 1. The number of carboxylic acids is 1. The Hall–Kier alpha value is -2.95. The second kappa shape index (κ2) is 7.52. The third-order valence-corrected chi connectivity index (χ3v) is 4.77. The summed E-state index contributed by atoms with van der Waals surface area (Å²) >= 11 is 0. The molecule has 0 radical (unpaired) electrons. The average Bonchev–Trinajstić information content (AvgIpc) is 2.67. The van der Waals surface area contributed by atoms with Crippen molar-refractivity contribution in [3.05, 3.63) is 70.8 Å². The molecule has 0 unspecified atom stereocenters. The van der Waals surface area contributed by atoms with E-state index in [9.17, 15) is 19.5 Å². The van der Waals surface area contributed by atoms with Gasteiger partial charge in [-0.15, -0.1) is 0 Å². The molecule has 0 saturated carbocycles. The average molecular weight is 351 g/mol. The Morgan fingerprint density at radius 2 is 1.65 bits per heavy atom. The van der Waals surface area contributed by atoms with E-state index in [1.807, 2.05) is 19.1 Å². The summed E-state index contributed by atoms with van der Waals surface area (Å²) in [5, 5.41) is 9.23. The van der Waals surface area contributed by atoms with Crippen LogP contribution in [0.25, 0.3) is 0 Å². The van der Waals surface area contributed by atoms with Gasteiger partial charge in [0, 0.05) is 24.2 Å². The van der Waals surface area contributed by atoms with Crippen LogP contribution in [0.2, 0.25) is 0 Å². The van der Waals surface area contributed by atoms with E-state index >= 15 is 0 Å². The second-order valence-electron chi connectivity index (χ2n) is 6.67. The first kappa shape index (κ1) is 17.9. The van der Waals surface area contributed by atoms with Crippen LogP contribution in [0.1, 0.15) is 44.7 Å². The number of benzene rings is 2. The Balaban J connectivity index is 1.89. The first-order valence-electron chi connectivity index (χ1n) is 8.70. The fraction of sp³-hybridized carbons (Fsp3) is 0.286. The van der Waals surface area contributed by atoms with Crippen molar-refractivity contribution in [1.29, 1.82) is 0 Å². The molecule has 0 aromatic heterocycles. The minimum Gasteiger partial charge on any atom is -0.481 e. The van der Waals surface area contributed by atoms with Crippen LogP contribution in [-0.4, -0.2) is 40.8 Å². The molecule has 0 aliphatic carbocycles. The minimum absolute atomic E-state index is 0.182. The molecule has 1 atom stereocenters. The van der Waals surface area contributed by atoms with Crippen molar-refractivity contribution in [1.82, 2.24) is 4.90 Å². The van der Waals surface area contributed by atoms with Crippen molar-refractivity contribution >= 4 is 17.7 Å². The zero-order valence-corrected chi connectivity index (χ0v) is 14.6. The van der Waals surface area contributed by atoms with Gasteiger partial charge in [0.15, 0.2) is 5.78 Å². The molecule has 3 rings (SSSR count). The number of carbonyl (C=O) groups is 3. The summed E-state index contributed by atoms with van der Waals surface area (Å²) in [5.74, 6) is -1.92. The number of hydrogen-bond acceptors (Lipinski definition) is 3. The largest absolute Gasteiger partial charge is 0.481 e. The molecule has 2 aromatic rings. The predicted octanol–water partition coefficient (Wildman–Crippen LogP) is 3.16. The van der Waals surface area contributed by atoms with Crippen LogP contribution >= 0.6 is 0 Å². The highest BCUT2D eigenvalue weighted by Crippen LogP contribution is 2.22. The number of amides is 1. The summed E-state index contributed by atoms with van der Waals surface area (Å²) in [6, 6.07) is 14.0. The topological polar surface area (TPSA) is 74.7 Å². The number of nitrogens with zero attached hydrogens (tertiary/aromatic N) is 1. The van der Waals surface area contributed by atoms with E-state index in [0.717, 1.165) is 5.56 Å². The molecule has 1 aliphatic heterocycles. The molecule has 0 spiro atoms. The zero-order chi connectivity index (χ0) is 18.7. The molecule has 5 heteroatoms. The third kappa shape index (κ3) is 3.67. The lowest BCUT2D eigenvalue weighted by Crippen LogP contribution is -2.42. The van der Waals surface area contributed by atoms with E-state index < -0.39 is 11.9 Å². The van der Waals surface area contributed by atoms with Gasteiger partial charge < -0.3 is 10.0 Å². The van der Waals surface area contributed by atoms with Gasteiger partial charge in [0.25, 0.3) is 5.91 Å². The molecule has 1 fully saturated rings. The Morgan fingerprint density at radius 1 is 1.00 bits per heavy atom. The van der Waals surface area contributed by atoms with Gasteiger partial charge in [-0.1, -0.05) is 48.0 Å². The Labute approximate surface area is 152 Å². The van der Waals surface area contributed by atoms with Crippen molar-refractivity contribution in [2.45, 2.75) is 19.8 Å². The monoisotopic (exact) mass is 351 g/mol. The van der Waals surface area contributed by atoms with Gasteiger partial charge in [0.1, 0.15) is 0 Å². The summed E-state index contributed by atoms with van der Waals surface area (Å²) in [5.41, 5.74) is 2.25. The fourth-order valence-corrected chi connectivity index (χ4v) is 3.26. The summed E-state index contributed by atoms with van der Waals surface area (Å²) in [6.45, 7) is 2.64. The van der Waals surface area contributed by atoms with Crippen molar-refractivity contribution in [3.8, 4) is 0 Å². The number of carboxylic acid groups (broad SMARTS) is 1. The van der Waals surface area contributed by atoms with Gasteiger partial charge in [-0.3, -0.25) is 14.4 Å². The summed E-state index contributed by atoms with van der Waals surface area (Å²) in [4.78, 5) is 38.6. The third-order valence-electron chi connectivity index (χ3n) is 4.77. The van der Waals surface area contributed by atoms with Crippen LogP contribution in [0.15, 0.2) is 48.5 Å². The summed E-state index contributed by atoms with van der Waals surface area (Å²) in [6.07, 6.45) is 1.22. The van der Waals surface area contributed by atoms with E-state index in [0.29, 0.717) is 36.1 Å². The molecular weight excluding hydrogens is 330 g/mol. The predicted molar refractivity (Wildman–Crippen MR) is 97.3 cm³/mol. The SMILES string of the molecule is Cc1ccc(C(=O)c2ccccc2C(=O)N2CCC[C@@H](C(=O)O)C2)cc1. The van der Waals surface area contributed by atoms with Gasteiger partial charge in [0.05, 0.1) is 11.5 Å². The number of aliphatic carboxylic acids is 1. The molecule has 1 N–H and O–H groups in total. The Bertz CT molecular complexity index is 841. The molecular formula is C21H21NO4. The van der Waals surface area contributed by atoms with Gasteiger partial charge in [-0.05, 0) is 25.8 Å². The molecule has 134 valence electrons. The van der Waals surface area contributed by atoms with Crippen LogP contribution in [-0.2, 0) is 4.79 Å². The highest BCUT2D eigenvalue weighted by molar-refractivity contribution is 6.15. The van der Waals surface area contributed by atoms with Crippen LogP contribution in [0.4, 0.5) is 0 Å². The molecule has 1 amide bonds. The number of aryl methyl sites for hydroxylation is 1. The Kier molecular flexibility index (Phi) is 5.16. The first-order valence-corrected chi connectivity index (χ1v) is 8.70. The van der Waals surface area contributed by atoms with E-state index in [4.69, 9.17) is 0 Å². The van der Waals surface area contributed by atoms with Crippen molar-refractivity contribution < 1.29 is 19.5 Å². The number of likely N-dealkylation sites (tertiary alicyclic amines) is 1. The standard InChI is InChI=1S/C21H21NO4/c1-14-8-10-15(11-9-14)19(23)17-6-2-3-7-18(17)20(24)22-12-4-5-16(13-22)21(25)26/h2-3,6-11,16H,4-5,12-13H2,1H3,(H,25,26)/t16-/m1/s1. The highest BCUT2D eigenvalue weighted by Gasteiger charge is 2.30. The molecule has 26 heavy (non-hydrogen) atoms. The summed E-state index contributed by atoms with van der Waals surface area (Å²) < 4.78 is 0. The maximum atomic E-state index is 13.0. The van der Waals surface area contributed by atoms with Gasteiger partial charge in [-0.2, -0.15) is 0 Å². The number of rotatable bonds is 4. The lowest BCUT2D eigenvalue weighted by atomic mass is 9.94. The van der Waals surface area contributed by atoms with E-state index in [1.54, 1.807) is 41.3 Å². The van der Waals surface area contributed by atoms with Crippen LogP contribution in [0, 0.1) is 12.8 Å². The quantitative estimate of drug-likeness (QED) is 0.859. The zero-order valence-electron chi connectivity index (χ0n) is 14.6. The highest BCUT2D eigenvalue weighted by atomic mass is 16.4. The van der Waals surface area contributed by atoms with Crippen LogP contribution < -0.4 is 0 Å². The van der Waals surface area contributed by atoms with Crippen molar-refractivity contribution in [3.63, 3.8) is 0 Å². The molecule has 1 heterocycles. The van der Waals surface area contributed by atoms with E-state index in [2.05, 4.69) is 0 Å². The first-order chi connectivity index (χ1) is 12.5. The molecule has 5 nitrogen and oxygen atoms in total. The lowest BCUT2D eigenvalue weighted by molar-refractivity contribution is -0.143. The minimum atomic E-state index is -0.883. The van der Waals surface area contributed by atoms with Crippen molar-refractivity contribution in [2.24, 2.45) is 5.92 Å². The van der Waals surface area contributed by atoms with E-state index in [1.165, 1.54) is 0 Å². The fourth-order valence-electron chi connectivity index (χ4n) is 3.26. The smallest absolute Gasteiger partial charge is 0.308 e. The van der Waals surface area contributed by atoms with Crippen LogP contribution in [0.5, 0.6) is 0 Å². The second-order valence-corrected chi connectivity index (χ2v) is 6.67. The van der Waals surface area contributed by atoms with Crippen LogP contribution in [0.3, 0.4) is 0 Å². The maximum absolute atomic E-state index is 13.0. The Morgan fingerprint density at radius 3 is 2.31 bits per heavy atom. The molecule has 2 aromatic carbocycles. The number of piperidine rings is 1. The van der Waals surface area contributed by atoms with Gasteiger partial charge in [0.2, 0.25) is 0 Å². The maximum Gasteiger partial charge on any atom is 0.308 e.